The molecule has 0 radical (unpaired) electrons. The van der Waals surface area contributed by atoms with Crippen LogP contribution in [0.4, 0.5) is 11.5 Å². The molecule has 1 heterocycles. The summed E-state index contributed by atoms with van der Waals surface area (Å²) in [5.41, 5.74) is 3.06. The first kappa shape index (κ1) is 11.7. The highest BCUT2D eigenvalue weighted by Gasteiger charge is 2.08. The van der Waals surface area contributed by atoms with Gasteiger partial charge in [0.1, 0.15) is 5.82 Å². The Morgan fingerprint density at radius 3 is 2.42 bits per heavy atom. The van der Waals surface area contributed by atoms with Crippen molar-refractivity contribution in [3.05, 3.63) is 66.2 Å². The van der Waals surface area contributed by atoms with Gasteiger partial charge in [-0.05, 0) is 36.8 Å². The topological polar surface area (TPSA) is 42.1 Å². The fraction of sp³-hybridized carbons (Fsp3) is 0.0625. The van der Waals surface area contributed by atoms with Gasteiger partial charge in [0.05, 0.1) is 11.2 Å². The number of pyridine rings is 1. The number of rotatable bonds is 2. The molecule has 0 saturated heterocycles. The Morgan fingerprint density at radius 1 is 0.947 bits per heavy atom. The molecule has 0 aliphatic heterocycles. The van der Waals surface area contributed by atoms with Crippen LogP contribution in [0.25, 0.3) is 10.9 Å². The normalized spacial score (nSPS) is 10.6. The van der Waals surface area contributed by atoms with E-state index in [1.807, 2.05) is 54.6 Å². The van der Waals surface area contributed by atoms with E-state index in [2.05, 4.69) is 18.0 Å². The molecule has 2 N–H and O–H groups in total. The molecule has 0 aliphatic carbocycles. The Balaban J connectivity index is 2.11. The van der Waals surface area contributed by atoms with Crippen molar-refractivity contribution in [1.82, 2.24) is 4.98 Å². The van der Waals surface area contributed by atoms with Gasteiger partial charge in [0, 0.05) is 5.39 Å². The zero-order valence-electron chi connectivity index (χ0n) is 10.7. The number of hydrogen-bond acceptors (Lipinski definition) is 3. The van der Waals surface area contributed by atoms with Gasteiger partial charge in [0.25, 0.3) is 0 Å². The summed E-state index contributed by atoms with van der Waals surface area (Å²) in [6.45, 7) is 2.08. The SMILES string of the molecule is Cc1cc(N(N)c2ccccc2)nc2ccccc12. The van der Waals surface area contributed by atoms with Crippen LogP contribution < -0.4 is 10.9 Å². The monoisotopic (exact) mass is 249 g/mol. The van der Waals surface area contributed by atoms with Gasteiger partial charge in [-0.1, -0.05) is 36.4 Å². The maximum Gasteiger partial charge on any atom is 0.148 e. The summed E-state index contributed by atoms with van der Waals surface area (Å²) in [6, 6.07) is 19.9. The van der Waals surface area contributed by atoms with Crippen molar-refractivity contribution in [3.63, 3.8) is 0 Å². The van der Waals surface area contributed by atoms with Crippen LogP contribution in [-0.4, -0.2) is 4.98 Å². The third-order valence-corrected chi connectivity index (χ3v) is 3.19. The molecular weight excluding hydrogens is 234 g/mol. The van der Waals surface area contributed by atoms with Crippen molar-refractivity contribution in [2.24, 2.45) is 5.84 Å². The minimum absolute atomic E-state index is 0.752. The van der Waals surface area contributed by atoms with Crippen LogP contribution in [0.1, 0.15) is 5.56 Å². The van der Waals surface area contributed by atoms with Gasteiger partial charge in [-0.15, -0.1) is 0 Å². The Morgan fingerprint density at radius 2 is 1.63 bits per heavy atom. The molecule has 0 bridgehead atoms. The molecule has 0 fully saturated rings. The Labute approximate surface area is 112 Å². The lowest BCUT2D eigenvalue weighted by atomic mass is 10.1. The average Bonchev–Trinajstić information content (AvgIpc) is 2.47. The molecule has 0 spiro atoms. The molecule has 19 heavy (non-hydrogen) atoms. The van der Waals surface area contributed by atoms with Crippen LogP contribution in [0.5, 0.6) is 0 Å². The van der Waals surface area contributed by atoms with Crippen LogP contribution in [0.15, 0.2) is 60.7 Å². The van der Waals surface area contributed by atoms with Crippen LogP contribution in [0.2, 0.25) is 0 Å². The molecule has 3 nitrogen and oxygen atoms in total. The van der Waals surface area contributed by atoms with E-state index in [0.717, 1.165) is 22.4 Å². The number of nitrogens with zero attached hydrogens (tertiary/aromatic N) is 2. The van der Waals surface area contributed by atoms with Gasteiger partial charge in [-0.2, -0.15) is 0 Å². The Bertz CT molecular complexity index is 708. The Kier molecular flexibility index (Phi) is 2.89. The lowest BCUT2D eigenvalue weighted by Gasteiger charge is -2.18. The number of benzene rings is 2. The standard InChI is InChI=1S/C16H15N3/c1-12-11-16(18-15-10-6-5-9-14(12)15)19(17)13-7-3-2-4-8-13/h2-11H,17H2,1H3. The molecule has 0 saturated carbocycles. The number of fused-ring (bicyclic) bond motifs is 1. The first-order chi connectivity index (χ1) is 9.25. The summed E-state index contributed by atoms with van der Waals surface area (Å²) < 4.78 is 0. The number of hydrogen-bond donors (Lipinski definition) is 1. The maximum atomic E-state index is 6.15. The second-order valence-electron chi connectivity index (χ2n) is 4.52. The van der Waals surface area contributed by atoms with Crippen LogP contribution in [-0.2, 0) is 0 Å². The van der Waals surface area contributed by atoms with E-state index < -0.39 is 0 Å². The molecule has 3 heteroatoms. The molecule has 0 aliphatic rings. The van der Waals surface area contributed by atoms with Crippen LogP contribution in [0.3, 0.4) is 0 Å². The molecule has 1 aromatic heterocycles. The van der Waals surface area contributed by atoms with Crippen molar-refractivity contribution >= 4 is 22.4 Å². The van der Waals surface area contributed by atoms with Gasteiger partial charge < -0.3 is 0 Å². The van der Waals surface area contributed by atoms with E-state index >= 15 is 0 Å². The number of aryl methyl sites for hydroxylation is 1. The van der Waals surface area contributed by atoms with Gasteiger partial charge in [-0.3, -0.25) is 5.01 Å². The molecule has 2 aromatic carbocycles. The van der Waals surface area contributed by atoms with E-state index in [4.69, 9.17) is 5.84 Å². The van der Waals surface area contributed by atoms with Crippen molar-refractivity contribution < 1.29 is 0 Å². The number of anilines is 2. The number of nitrogens with two attached hydrogens (primary N) is 1. The lowest BCUT2D eigenvalue weighted by Crippen LogP contribution is -2.25. The van der Waals surface area contributed by atoms with Gasteiger partial charge in [0.15, 0.2) is 0 Å². The van der Waals surface area contributed by atoms with Crippen LogP contribution in [0, 0.1) is 6.92 Å². The van der Waals surface area contributed by atoms with Crippen molar-refractivity contribution in [1.29, 1.82) is 0 Å². The zero-order valence-corrected chi connectivity index (χ0v) is 10.7. The van der Waals surface area contributed by atoms with Gasteiger partial charge >= 0.3 is 0 Å². The fourth-order valence-electron chi connectivity index (χ4n) is 2.18. The molecule has 0 amide bonds. The average molecular weight is 249 g/mol. The minimum atomic E-state index is 0.752. The molecule has 0 unspecified atom stereocenters. The summed E-state index contributed by atoms with van der Waals surface area (Å²) in [4.78, 5) is 4.61. The van der Waals surface area contributed by atoms with Crippen molar-refractivity contribution in [2.45, 2.75) is 6.92 Å². The highest BCUT2D eigenvalue weighted by molar-refractivity contribution is 5.84. The second kappa shape index (κ2) is 4.71. The molecule has 94 valence electrons. The predicted molar refractivity (Wildman–Crippen MR) is 79.2 cm³/mol. The predicted octanol–water partition coefficient (Wildman–Crippen LogP) is 3.56. The zero-order chi connectivity index (χ0) is 13.2. The van der Waals surface area contributed by atoms with Crippen molar-refractivity contribution in [2.75, 3.05) is 5.01 Å². The number of aromatic nitrogens is 1. The number of para-hydroxylation sites is 2. The summed E-state index contributed by atoms with van der Waals surface area (Å²) in [6.07, 6.45) is 0. The van der Waals surface area contributed by atoms with Crippen LogP contribution >= 0.6 is 0 Å². The second-order valence-corrected chi connectivity index (χ2v) is 4.52. The highest BCUT2D eigenvalue weighted by Crippen LogP contribution is 2.25. The molecule has 0 atom stereocenters. The lowest BCUT2D eigenvalue weighted by molar-refractivity contribution is 1.04. The van der Waals surface area contributed by atoms with Gasteiger partial charge in [-0.25, -0.2) is 10.8 Å². The third-order valence-electron chi connectivity index (χ3n) is 3.19. The molecule has 3 aromatic rings. The summed E-state index contributed by atoms with van der Waals surface area (Å²) in [7, 11) is 0. The van der Waals surface area contributed by atoms with Crippen molar-refractivity contribution in [3.8, 4) is 0 Å². The summed E-state index contributed by atoms with van der Waals surface area (Å²) in [5, 5.41) is 2.77. The smallest absolute Gasteiger partial charge is 0.148 e. The number of hydrazine groups is 1. The molecular formula is C16H15N3. The Hall–Kier alpha value is -2.39. The minimum Gasteiger partial charge on any atom is -0.262 e. The maximum absolute atomic E-state index is 6.15. The largest absolute Gasteiger partial charge is 0.262 e. The summed E-state index contributed by atoms with van der Waals surface area (Å²) in [5.74, 6) is 6.90. The first-order valence-electron chi connectivity index (χ1n) is 6.22. The van der Waals surface area contributed by atoms with E-state index in [1.165, 1.54) is 5.56 Å². The molecule has 3 rings (SSSR count). The van der Waals surface area contributed by atoms with E-state index in [0.29, 0.717) is 0 Å². The van der Waals surface area contributed by atoms with E-state index in [9.17, 15) is 0 Å². The first-order valence-corrected chi connectivity index (χ1v) is 6.22. The van der Waals surface area contributed by atoms with Gasteiger partial charge in [0.2, 0.25) is 0 Å². The highest BCUT2D eigenvalue weighted by atomic mass is 15.4. The quantitative estimate of drug-likeness (QED) is 0.558. The van der Waals surface area contributed by atoms with E-state index in [1.54, 1.807) is 5.01 Å². The third kappa shape index (κ3) is 2.16. The van der Waals surface area contributed by atoms with E-state index in [-0.39, 0.29) is 0 Å². The summed E-state index contributed by atoms with van der Waals surface area (Å²) >= 11 is 0. The fourth-order valence-corrected chi connectivity index (χ4v) is 2.18.